The van der Waals surface area contributed by atoms with Gasteiger partial charge in [0.1, 0.15) is 0 Å². The molecule has 0 aromatic heterocycles. The highest BCUT2D eigenvalue weighted by atomic mass is 32.2. The van der Waals surface area contributed by atoms with Crippen molar-refractivity contribution in [2.24, 2.45) is 0 Å². The number of rotatable bonds is 5. The van der Waals surface area contributed by atoms with E-state index in [2.05, 4.69) is 6.92 Å². The van der Waals surface area contributed by atoms with Gasteiger partial charge in [0, 0.05) is 19.5 Å². The lowest BCUT2D eigenvalue weighted by molar-refractivity contribution is -0.135. The summed E-state index contributed by atoms with van der Waals surface area (Å²) in [6.07, 6.45) is 1.71. The molecule has 0 aromatic carbocycles. The normalized spacial score (nSPS) is 15.3. The maximum Gasteiger partial charge on any atom is 0.222 e. The molecule has 16 heavy (non-hydrogen) atoms. The summed E-state index contributed by atoms with van der Waals surface area (Å²) in [6.45, 7) is 9.11. The molecule has 1 aliphatic heterocycles. The maximum atomic E-state index is 11.6. The first-order chi connectivity index (χ1) is 7.84. The molecule has 1 saturated heterocycles. The number of hydrogen-bond donors (Lipinski definition) is 0. The van der Waals surface area contributed by atoms with Crippen LogP contribution in [-0.2, 0) is 9.53 Å². The zero-order valence-electron chi connectivity index (χ0n) is 10.8. The average molecular weight is 247 g/mol. The summed E-state index contributed by atoms with van der Waals surface area (Å²) in [5.41, 5.74) is 0. The van der Waals surface area contributed by atoms with Crippen LogP contribution in [0.15, 0.2) is 0 Å². The van der Waals surface area contributed by atoms with Gasteiger partial charge >= 0.3 is 0 Å². The summed E-state index contributed by atoms with van der Waals surface area (Å²) >= 11 is 1.90. The molecule has 4 heteroatoms. The third-order valence-corrected chi connectivity index (χ3v) is 3.23. The molecule has 0 unspecified atom stereocenters. The lowest BCUT2D eigenvalue weighted by atomic mass is 10.3. The first-order valence-corrected chi connectivity index (χ1v) is 7.43. The summed E-state index contributed by atoms with van der Waals surface area (Å²) in [6, 6.07) is 0. The Labute approximate surface area is 104 Å². The third kappa shape index (κ3) is 7.12. The van der Waals surface area contributed by atoms with Gasteiger partial charge in [-0.05, 0) is 17.9 Å². The first-order valence-electron chi connectivity index (χ1n) is 6.28. The van der Waals surface area contributed by atoms with E-state index in [9.17, 15) is 4.79 Å². The smallest absolute Gasteiger partial charge is 0.222 e. The van der Waals surface area contributed by atoms with Gasteiger partial charge in [-0.15, -0.1) is 0 Å². The molecule has 1 fully saturated rings. The number of carbonyl (C=O) groups is 1. The van der Waals surface area contributed by atoms with E-state index in [1.807, 2.05) is 30.5 Å². The number of carbonyl (C=O) groups excluding carboxylic acids is 1. The van der Waals surface area contributed by atoms with Crippen molar-refractivity contribution in [3.8, 4) is 0 Å². The zero-order chi connectivity index (χ0) is 12.2. The largest absolute Gasteiger partial charge is 0.378 e. The Bertz CT molecular complexity index is 170. The lowest BCUT2D eigenvalue weighted by Crippen LogP contribution is -2.40. The molecule has 0 bridgehead atoms. The van der Waals surface area contributed by atoms with Crippen LogP contribution >= 0.6 is 11.8 Å². The van der Waals surface area contributed by atoms with Crippen LogP contribution in [0.25, 0.3) is 0 Å². The Balaban J connectivity index is 0.00000106. The SMILES string of the molecule is CC.CCSCCCC(=O)N1CCOCC1. The van der Waals surface area contributed by atoms with Crippen molar-refractivity contribution in [3.63, 3.8) is 0 Å². The molecule has 1 rings (SSSR count). The second-order valence-electron chi connectivity index (χ2n) is 3.29. The van der Waals surface area contributed by atoms with Crippen molar-refractivity contribution < 1.29 is 9.53 Å². The van der Waals surface area contributed by atoms with E-state index in [0.717, 1.165) is 31.0 Å². The van der Waals surface area contributed by atoms with Crippen LogP contribution in [0.2, 0.25) is 0 Å². The van der Waals surface area contributed by atoms with Gasteiger partial charge in [-0.3, -0.25) is 4.79 Å². The highest BCUT2D eigenvalue weighted by Crippen LogP contribution is 2.06. The van der Waals surface area contributed by atoms with Crippen LogP contribution in [0, 0.1) is 0 Å². The molecule has 96 valence electrons. The van der Waals surface area contributed by atoms with Gasteiger partial charge in [0.2, 0.25) is 5.91 Å². The highest BCUT2D eigenvalue weighted by Gasteiger charge is 2.15. The monoisotopic (exact) mass is 247 g/mol. The molecule has 1 amide bonds. The van der Waals surface area contributed by atoms with Crippen LogP contribution in [0.5, 0.6) is 0 Å². The number of thioether (sulfide) groups is 1. The van der Waals surface area contributed by atoms with E-state index < -0.39 is 0 Å². The Morgan fingerprint density at radius 2 is 1.94 bits per heavy atom. The third-order valence-electron chi connectivity index (χ3n) is 2.25. The Morgan fingerprint density at radius 3 is 2.50 bits per heavy atom. The molecule has 0 atom stereocenters. The van der Waals surface area contributed by atoms with Crippen LogP contribution in [0.4, 0.5) is 0 Å². The lowest BCUT2D eigenvalue weighted by Gasteiger charge is -2.26. The van der Waals surface area contributed by atoms with Crippen LogP contribution in [0.3, 0.4) is 0 Å². The van der Waals surface area contributed by atoms with Crippen LogP contribution < -0.4 is 0 Å². The molecule has 1 heterocycles. The number of amides is 1. The van der Waals surface area contributed by atoms with E-state index >= 15 is 0 Å². The quantitative estimate of drug-likeness (QED) is 0.699. The van der Waals surface area contributed by atoms with E-state index in [4.69, 9.17) is 4.74 Å². The van der Waals surface area contributed by atoms with Gasteiger partial charge in [0.05, 0.1) is 13.2 Å². The topological polar surface area (TPSA) is 29.5 Å². The van der Waals surface area contributed by atoms with Crippen molar-refractivity contribution in [1.82, 2.24) is 4.90 Å². The standard InChI is InChI=1S/C10H19NO2S.C2H6/c1-2-14-9-3-4-10(12)11-5-7-13-8-6-11;1-2/h2-9H2,1H3;1-2H3. The molecule has 0 aliphatic carbocycles. The van der Waals surface area contributed by atoms with E-state index in [1.54, 1.807) is 0 Å². The fourth-order valence-electron chi connectivity index (χ4n) is 1.44. The molecule has 0 N–H and O–H groups in total. The zero-order valence-corrected chi connectivity index (χ0v) is 11.6. The number of morpholine rings is 1. The van der Waals surface area contributed by atoms with E-state index in [0.29, 0.717) is 25.5 Å². The van der Waals surface area contributed by atoms with E-state index in [1.165, 1.54) is 0 Å². The van der Waals surface area contributed by atoms with Gasteiger partial charge in [0.15, 0.2) is 0 Å². The van der Waals surface area contributed by atoms with Crippen molar-refractivity contribution in [2.45, 2.75) is 33.6 Å². The number of ether oxygens (including phenoxy) is 1. The van der Waals surface area contributed by atoms with Crippen molar-refractivity contribution >= 4 is 17.7 Å². The van der Waals surface area contributed by atoms with Crippen molar-refractivity contribution in [1.29, 1.82) is 0 Å². The Kier molecular flexibility index (Phi) is 11.1. The minimum Gasteiger partial charge on any atom is -0.378 e. The summed E-state index contributed by atoms with van der Waals surface area (Å²) in [4.78, 5) is 13.5. The van der Waals surface area contributed by atoms with Crippen molar-refractivity contribution in [2.75, 3.05) is 37.8 Å². The molecular formula is C12H25NO2S. The summed E-state index contributed by atoms with van der Waals surface area (Å²) < 4.78 is 5.19. The molecule has 0 spiro atoms. The molecule has 3 nitrogen and oxygen atoms in total. The van der Waals surface area contributed by atoms with Crippen molar-refractivity contribution in [3.05, 3.63) is 0 Å². The summed E-state index contributed by atoms with van der Waals surface area (Å²) in [5.74, 6) is 2.54. The predicted octanol–water partition coefficient (Wildman–Crippen LogP) is 2.40. The summed E-state index contributed by atoms with van der Waals surface area (Å²) in [5, 5.41) is 0. The molecule has 1 aliphatic rings. The minimum absolute atomic E-state index is 0.296. The molecule has 0 saturated carbocycles. The Hall–Kier alpha value is -0.220. The van der Waals surface area contributed by atoms with Gasteiger partial charge in [0.25, 0.3) is 0 Å². The fourth-order valence-corrected chi connectivity index (χ4v) is 2.08. The number of hydrogen-bond acceptors (Lipinski definition) is 3. The first kappa shape index (κ1) is 15.8. The van der Waals surface area contributed by atoms with Gasteiger partial charge in [-0.25, -0.2) is 0 Å². The average Bonchev–Trinajstić information content (AvgIpc) is 2.38. The maximum absolute atomic E-state index is 11.6. The van der Waals surface area contributed by atoms with E-state index in [-0.39, 0.29) is 0 Å². The molecule has 0 aromatic rings. The second-order valence-corrected chi connectivity index (χ2v) is 4.69. The molecule has 0 radical (unpaired) electrons. The van der Waals surface area contributed by atoms with Gasteiger partial charge in [-0.2, -0.15) is 11.8 Å². The number of nitrogens with zero attached hydrogens (tertiary/aromatic N) is 1. The minimum atomic E-state index is 0.296. The highest BCUT2D eigenvalue weighted by molar-refractivity contribution is 7.99. The van der Waals surface area contributed by atoms with Crippen LogP contribution in [0.1, 0.15) is 33.6 Å². The van der Waals surface area contributed by atoms with Crippen LogP contribution in [-0.4, -0.2) is 48.6 Å². The fraction of sp³-hybridized carbons (Fsp3) is 0.917. The Morgan fingerprint density at radius 1 is 1.31 bits per heavy atom. The summed E-state index contributed by atoms with van der Waals surface area (Å²) in [7, 11) is 0. The predicted molar refractivity (Wildman–Crippen MR) is 71.0 cm³/mol. The second kappa shape index (κ2) is 11.3. The van der Waals surface area contributed by atoms with Gasteiger partial charge in [-0.1, -0.05) is 20.8 Å². The molecular weight excluding hydrogens is 222 g/mol. The van der Waals surface area contributed by atoms with Gasteiger partial charge < -0.3 is 9.64 Å².